The minimum absolute atomic E-state index is 0.00586. The van der Waals surface area contributed by atoms with Crippen molar-refractivity contribution in [1.82, 2.24) is 38.3 Å². The Morgan fingerprint density at radius 3 is 1.70 bits per heavy atom. The normalized spacial score (nSPS) is 15.0. The smallest absolute Gasteiger partial charge is 0.282 e. The molecule has 0 aliphatic carbocycles. The highest BCUT2D eigenvalue weighted by molar-refractivity contribution is 9.09. The highest BCUT2D eigenvalue weighted by atomic mass is 79.9. The van der Waals surface area contributed by atoms with Crippen molar-refractivity contribution < 1.29 is 34.1 Å². The van der Waals surface area contributed by atoms with Crippen LogP contribution in [0.25, 0.3) is 34.0 Å². The monoisotopic (exact) mass is 1050 g/mol. The van der Waals surface area contributed by atoms with E-state index in [-0.39, 0.29) is 70.9 Å². The molecule has 10 rings (SSSR count). The highest BCUT2D eigenvalue weighted by Crippen LogP contribution is 2.30. The molecule has 1 N–H and O–H groups in total. The fourth-order valence-electron chi connectivity index (χ4n) is 8.79. The van der Waals surface area contributed by atoms with Crippen LogP contribution in [0.2, 0.25) is 0 Å². The van der Waals surface area contributed by atoms with E-state index in [1.807, 2.05) is 60.7 Å². The number of aromatic nitrogens is 6. The zero-order chi connectivity index (χ0) is 51.6. The second kappa shape index (κ2) is 23.0. The third-order valence-electron chi connectivity index (χ3n) is 12.4. The lowest BCUT2D eigenvalue weighted by Gasteiger charge is -2.24. The van der Waals surface area contributed by atoms with E-state index in [0.717, 1.165) is 30.4 Å². The molecule has 4 aromatic carbocycles. The highest BCUT2D eigenvalue weighted by Gasteiger charge is 2.35. The molecule has 0 unspecified atom stereocenters. The van der Waals surface area contributed by atoms with E-state index in [1.54, 1.807) is 51.3 Å². The van der Waals surface area contributed by atoms with Crippen molar-refractivity contribution in [1.29, 1.82) is 0 Å². The van der Waals surface area contributed by atoms with Gasteiger partial charge in [-0.1, -0.05) is 76.6 Å². The summed E-state index contributed by atoms with van der Waals surface area (Å²) >= 11 is 3.18. The molecule has 0 saturated carbocycles. The second-order valence-electron chi connectivity index (χ2n) is 17.2. The molecular weight excluding hydrogens is 1000 g/mol. The van der Waals surface area contributed by atoms with Crippen molar-refractivity contribution >= 4 is 56.3 Å². The van der Waals surface area contributed by atoms with Crippen LogP contribution in [-0.4, -0.2) is 107 Å². The van der Waals surface area contributed by atoms with E-state index in [4.69, 9.17) is 0 Å². The number of amides is 2. The van der Waals surface area contributed by atoms with Crippen LogP contribution in [0.5, 0.6) is 5.88 Å². The molecule has 0 radical (unpaired) electrons. The maximum Gasteiger partial charge on any atom is 0.282 e. The number of benzene rings is 4. The van der Waals surface area contributed by atoms with Gasteiger partial charge in [-0.2, -0.15) is 0 Å². The number of hydrogen-bond acceptors (Lipinski definition) is 13. The van der Waals surface area contributed by atoms with E-state index in [9.17, 15) is 49.3 Å². The number of carbonyl (C=O) groups is 4. The van der Waals surface area contributed by atoms with Crippen LogP contribution in [-0.2, 0) is 38.6 Å². The van der Waals surface area contributed by atoms with Crippen LogP contribution in [0.4, 0.5) is 11.4 Å². The number of alkyl halides is 1. The van der Waals surface area contributed by atoms with Crippen LogP contribution in [0.3, 0.4) is 0 Å². The third-order valence-corrected chi connectivity index (χ3v) is 13.0. The average molecular weight is 1050 g/mol. The summed E-state index contributed by atoms with van der Waals surface area (Å²) in [6.07, 6.45) is 13.2. The van der Waals surface area contributed by atoms with Gasteiger partial charge < -0.3 is 19.5 Å². The Bertz CT molecular complexity index is 3310. The van der Waals surface area contributed by atoms with Gasteiger partial charge in [0.1, 0.15) is 11.4 Å². The van der Waals surface area contributed by atoms with Gasteiger partial charge in [-0.15, -0.1) is 0 Å². The number of fused-ring (bicyclic) bond motifs is 2. The van der Waals surface area contributed by atoms with Crippen molar-refractivity contribution in [2.75, 3.05) is 18.4 Å². The molecule has 2 fully saturated rings. The summed E-state index contributed by atoms with van der Waals surface area (Å²) < 4.78 is 4.51. The number of imidazole rings is 2. The first-order valence-electron chi connectivity index (χ1n) is 23.2. The van der Waals surface area contributed by atoms with E-state index in [1.165, 1.54) is 57.8 Å². The maximum absolute atomic E-state index is 13.1. The molecular formula is C52H47BrN10O10. The second-order valence-corrected chi connectivity index (χ2v) is 17.7. The van der Waals surface area contributed by atoms with E-state index < -0.39 is 15.9 Å². The van der Waals surface area contributed by atoms with Crippen molar-refractivity contribution in [3.63, 3.8) is 0 Å². The van der Waals surface area contributed by atoms with Gasteiger partial charge in [-0.05, 0) is 61.1 Å². The van der Waals surface area contributed by atoms with E-state index in [0.29, 0.717) is 59.5 Å². The number of carbonyl (C=O) groups excluding carboxylic acids is 4. The Hall–Kier alpha value is -8.72. The Balaban J connectivity index is 0.000000161. The van der Waals surface area contributed by atoms with Gasteiger partial charge in [0.25, 0.3) is 16.9 Å². The molecule has 2 saturated heterocycles. The van der Waals surface area contributed by atoms with Gasteiger partial charge in [0.15, 0.2) is 23.0 Å². The van der Waals surface area contributed by atoms with Crippen molar-refractivity contribution in [3.05, 3.63) is 188 Å². The lowest BCUT2D eigenvalue weighted by molar-refractivity contribution is -0.385. The number of hydrogen-bond donors (Lipinski definition) is 1. The Morgan fingerprint density at radius 2 is 1.19 bits per heavy atom. The molecule has 6 heterocycles. The minimum atomic E-state index is -0.508. The molecule has 2 aromatic heterocycles. The topological polar surface area (TPSA) is 251 Å². The predicted octanol–water partition coefficient (Wildman–Crippen LogP) is 7.04. The Kier molecular flexibility index (Phi) is 16.0. The number of likely N-dealkylation sites (tertiary alicyclic amines) is 2. The molecule has 6 aromatic rings. The summed E-state index contributed by atoms with van der Waals surface area (Å²) in [5, 5.41) is 31.9. The van der Waals surface area contributed by atoms with Crippen LogP contribution in [0, 0.1) is 20.2 Å². The molecule has 2 amide bonds. The zero-order valence-electron chi connectivity index (χ0n) is 39.1. The summed E-state index contributed by atoms with van der Waals surface area (Å²) in [6.45, 7) is 1.31. The number of nitro benzene ring substituents is 2. The average Bonchev–Trinajstić information content (AvgIpc) is 4.24. The summed E-state index contributed by atoms with van der Waals surface area (Å²) in [5.74, 6) is 0.354. The summed E-state index contributed by atoms with van der Waals surface area (Å²) in [7, 11) is 0. The molecule has 2 atom stereocenters. The molecule has 21 heteroatoms. The van der Waals surface area contributed by atoms with Crippen LogP contribution >= 0.6 is 15.9 Å². The standard InChI is InChI=1S/C26H23N5O5.C14H16BrNO2.C12H8N4O3/c32-22(21-7-4-12-29(21)24(33)15-18-5-2-1-3-6-18)16-28-13-14-30-23(17-28)27-25(26(30)34)19-8-10-20(11-9-19)31(35)36;15-10-13(17)12-7-4-8-16(12)14(18)9-11-5-2-1-3-6-11;17-12-11(14-10-7-13-5-6-15(10)12)8-1-3-9(4-2-8)16(18)19/h1-3,5-6,8-11,13-14,17,21H,4,7,12,15-16H2;1-3,5-6,12H,4,7-10H2;1-7,17H/t21-;12-;/m00./s1. The quantitative estimate of drug-likeness (QED) is 0.0692. The summed E-state index contributed by atoms with van der Waals surface area (Å²) in [5.41, 5.74) is 3.59. The van der Waals surface area contributed by atoms with Gasteiger partial charge in [0.2, 0.25) is 17.7 Å². The first kappa shape index (κ1) is 50.7. The lowest BCUT2D eigenvalue weighted by atomic mass is 10.1. The third kappa shape index (κ3) is 11.9. The molecule has 4 aliphatic rings. The molecule has 73 heavy (non-hydrogen) atoms. The van der Waals surface area contributed by atoms with Gasteiger partial charge in [0.05, 0.1) is 52.8 Å². The minimum Gasteiger partial charge on any atom is -0.493 e. The van der Waals surface area contributed by atoms with Gasteiger partial charge in [-0.25, -0.2) is 9.97 Å². The van der Waals surface area contributed by atoms with Crippen LogP contribution in [0.15, 0.2) is 151 Å². The number of nitrogens with zero attached hydrogens (tertiary/aromatic N) is 10. The van der Waals surface area contributed by atoms with Crippen molar-refractivity contribution in [3.8, 4) is 34.2 Å². The molecule has 0 bridgehead atoms. The van der Waals surface area contributed by atoms with Gasteiger partial charge in [0, 0.05) is 79.5 Å². The zero-order valence-corrected chi connectivity index (χ0v) is 40.6. The van der Waals surface area contributed by atoms with Crippen molar-refractivity contribution in [2.24, 2.45) is 0 Å². The SMILES string of the molecule is O=C(CBr)[C@@H]1CCCN1C(=O)Cc1ccccc1.O=C(Cn1ccn2c(=O)c(-c3ccc([N+](=O)[O-])cc3)nc-2c1)[C@@H]1CCCN1C(=O)Cc1ccccc1.O=[N+]([O-])c1ccc(-c2nc3cnccn3c2O)cc1. The predicted molar refractivity (Wildman–Crippen MR) is 271 cm³/mol. The van der Waals surface area contributed by atoms with Crippen LogP contribution in [0.1, 0.15) is 36.8 Å². The number of Topliss-reactive ketones (excluding diaryl/α,β-unsaturated/α-hetero) is 2. The molecule has 4 aliphatic heterocycles. The summed E-state index contributed by atoms with van der Waals surface area (Å²) in [6, 6.07) is 29.9. The van der Waals surface area contributed by atoms with Gasteiger partial charge >= 0.3 is 0 Å². The van der Waals surface area contributed by atoms with E-state index in [2.05, 4.69) is 30.9 Å². The number of non-ortho nitro benzene ring substituents is 2. The Labute approximate surface area is 425 Å². The maximum atomic E-state index is 13.1. The summed E-state index contributed by atoms with van der Waals surface area (Å²) in [4.78, 5) is 99.2. The number of ketones is 2. The first-order valence-corrected chi connectivity index (χ1v) is 24.3. The fraction of sp³-hybridized carbons (Fsp3) is 0.231. The van der Waals surface area contributed by atoms with Crippen molar-refractivity contribution in [2.45, 2.75) is 57.2 Å². The largest absolute Gasteiger partial charge is 0.493 e. The number of nitro groups is 2. The number of halogens is 1. The van der Waals surface area contributed by atoms with Crippen LogP contribution < -0.4 is 5.56 Å². The van der Waals surface area contributed by atoms with E-state index >= 15 is 0 Å². The van der Waals surface area contributed by atoms with Gasteiger partial charge in [-0.3, -0.25) is 58.2 Å². The molecule has 20 nitrogen and oxygen atoms in total. The molecule has 0 spiro atoms. The molecule has 372 valence electrons. The fourth-order valence-corrected chi connectivity index (χ4v) is 9.16. The lowest BCUT2D eigenvalue weighted by Crippen LogP contribution is -2.42. The number of aromatic hydroxyl groups is 1. The number of rotatable bonds is 13. The Morgan fingerprint density at radius 1 is 0.671 bits per heavy atom. The first-order chi connectivity index (χ1) is 35.3.